The maximum absolute atomic E-state index is 11.9. The lowest BCUT2D eigenvalue weighted by molar-refractivity contribution is 0.0949. The fourth-order valence-electron chi connectivity index (χ4n) is 1.84. The number of nitrogens with zero attached hydrogens (tertiary/aromatic N) is 1. The summed E-state index contributed by atoms with van der Waals surface area (Å²) in [5, 5.41) is 3.48. The van der Waals surface area contributed by atoms with Crippen LogP contribution in [0.25, 0.3) is 0 Å². The van der Waals surface area contributed by atoms with Gasteiger partial charge in [0.25, 0.3) is 5.91 Å². The van der Waals surface area contributed by atoms with Crippen molar-refractivity contribution < 1.29 is 9.21 Å². The SMILES string of the molecule is CCC(N)c1nc(C(=O)NCCc2ccccc2Cl)co1. The van der Waals surface area contributed by atoms with Gasteiger partial charge in [0.15, 0.2) is 5.69 Å². The summed E-state index contributed by atoms with van der Waals surface area (Å²) in [6.07, 6.45) is 2.69. The number of rotatable bonds is 6. The van der Waals surface area contributed by atoms with Gasteiger partial charge in [0.1, 0.15) is 6.26 Å². The number of hydrogen-bond donors (Lipinski definition) is 2. The summed E-state index contributed by atoms with van der Waals surface area (Å²) in [5.74, 6) is 0.106. The average molecular weight is 308 g/mol. The molecule has 0 spiro atoms. The van der Waals surface area contributed by atoms with Gasteiger partial charge < -0.3 is 15.5 Å². The molecule has 0 fully saturated rings. The first-order valence-electron chi connectivity index (χ1n) is 6.84. The van der Waals surface area contributed by atoms with Crippen LogP contribution in [0.5, 0.6) is 0 Å². The van der Waals surface area contributed by atoms with Crippen LogP contribution >= 0.6 is 11.6 Å². The van der Waals surface area contributed by atoms with E-state index in [1.807, 2.05) is 31.2 Å². The van der Waals surface area contributed by atoms with Crippen LogP contribution in [-0.4, -0.2) is 17.4 Å². The molecule has 1 heterocycles. The lowest BCUT2D eigenvalue weighted by Crippen LogP contribution is -2.26. The smallest absolute Gasteiger partial charge is 0.273 e. The normalized spacial score (nSPS) is 12.1. The Balaban J connectivity index is 1.87. The third-order valence-corrected chi connectivity index (χ3v) is 3.52. The van der Waals surface area contributed by atoms with Crippen molar-refractivity contribution in [3.05, 3.63) is 52.7 Å². The second kappa shape index (κ2) is 7.24. The summed E-state index contributed by atoms with van der Waals surface area (Å²) in [6.45, 7) is 2.41. The van der Waals surface area contributed by atoms with Crippen LogP contribution in [0.15, 0.2) is 34.9 Å². The molecule has 21 heavy (non-hydrogen) atoms. The van der Waals surface area contributed by atoms with E-state index >= 15 is 0 Å². The Labute approximate surface area is 128 Å². The Morgan fingerprint density at radius 1 is 1.48 bits per heavy atom. The number of nitrogens with one attached hydrogen (secondary N) is 1. The van der Waals surface area contributed by atoms with Crippen molar-refractivity contribution in [1.29, 1.82) is 0 Å². The quantitative estimate of drug-likeness (QED) is 0.859. The molecule has 0 saturated heterocycles. The molecule has 0 radical (unpaired) electrons. The van der Waals surface area contributed by atoms with Gasteiger partial charge in [-0.15, -0.1) is 0 Å². The van der Waals surface area contributed by atoms with E-state index < -0.39 is 0 Å². The van der Waals surface area contributed by atoms with Crippen LogP contribution < -0.4 is 11.1 Å². The molecule has 112 valence electrons. The first-order valence-corrected chi connectivity index (χ1v) is 7.22. The molecular formula is C15H18ClN3O2. The van der Waals surface area contributed by atoms with Gasteiger partial charge in [0.05, 0.1) is 6.04 Å². The van der Waals surface area contributed by atoms with Crippen molar-refractivity contribution in [3.63, 3.8) is 0 Å². The molecule has 2 rings (SSSR count). The van der Waals surface area contributed by atoms with Crippen LogP contribution in [0.1, 0.15) is 41.3 Å². The molecule has 0 saturated carbocycles. The summed E-state index contributed by atoms with van der Waals surface area (Å²) in [5.41, 5.74) is 7.04. The van der Waals surface area contributed by atoms with Gasteiger partial charge in [-0.05, 0) is 24.5 Å². The van der Waals surface area contributed by atoms with Crippen molar-refractivity contribution in [2.75, 3.05) is 6.54 Å². The number of carbonyl (C=O) groups excluding carboxylic acids is 1. The van der Waals surface area contributed by atoms with Crippen LogP contribution in [-0.2, 0) is 6.42 Å². The highest BCUT2D eigenvalue weighted by Crippen LogP contribution is 2.15. The average Bonchev–Trinajstić information content (AvgIpc) is 2.98. The van der Waals surface area contributed by atoms with E-state index in [9.17, 15) is 4.79 Å². The minimum absolute atomic E-state index is 0.244. The standard InChI is InChI=1S/C15H18ClN3O2/c1-2-12(17)15-19-13(9-21-15)14(20)18-8-7-10-5-3-4-6-11(10)16/h3-6,9,12H,2,7-8,17H2,1H3,(H,18,20). The monoisotopic (exact) mass is 307 g/mol. The summed E-state index contributed by atoms with van der Waals surface area (Å²) in [7, 11) is 0. The molecule has 6 heteroatoms. The summed E-state index contributed by atoms with van der Waals surface area (Å²) in [4.78, 5) is 16.0. The highest BCUT2D eigenvalue weighted by atomic mass is 35.5. The number of hydrogen-bond acceptors (Lipinski definition) is 4. The molecule has 1 aromatic carbocycles. The van der Waals surface area contributed by atoms with Crippen molar-refractivity contribution in [3.8, 4) is 0 Å². The zero-order chi connectivity index (χ0) is 15.2. The molecule has 1 atom stereocenters. The first kappa shape index (κ1) is 15.5. The second-order valence-electron chi connectivity index (χ2n) is 4.68. The van der Waals surface area contributed by atoms with Gasteiger partial charge in [0.2, 0.25) is 5.89 Å². The molecular weight excluding hydrogens is 290 g/mol. The van der Waals surface area contributed by atoms with Crippen molar-refractivity contribution in [2.24, 2.45) is 5.73 Å². The zero-order valence-electron chi connectivity index (χ0n) is 11.8. The lowest BCUT2D eigenvalue weighted by Gasteiger charge is -2.05. The lowest BCUT2D eigenvalue weighted by atomic mass is 10.1. The van der Waals surface area contributed by atoms with Crippen molar-refractivity contribution >= 4 is 17.5 Å². The molecule has 5 nitrogen and oxygen atoms in total. The minimum atomic E-state index is -0.283. The zero-order valence-corrected chi connectivity index (χ0v) is 12.6. The predicted molar refractivity (Wildman–Crippen MR) is 81.2 cm³/mol. The predicted octanol–water partition coefficient (Wildman–Crippen LogP) is 2.71. The van der Waals surface area contributed by atoms with Crippen molar-refractivity contribution in [1.82, 2.24) is 10.3 Å². The van der Waals surface area contributed by atoms with Gasteiger partial charge in [-0.25, -0.2) is 4.98 Å². The third kappa shape index (κ3) is 4.06. The van der Waals surface area contributed by atoms with Crippen LogP contribution in [0.2, 0.25) is 5.02 Å². The number of nitrogens with two attached hydrogens (primary N) is 1. The number of carbonyl (C=O) groups is 1. The van der Waals surface area contributed by atoms with E-state index in [4.69, 9.17) is 21.8 Å². The van der Waals surface area contributed by atoms with Gasteiger partial charge in [0, 0.05) is 11.6 Å². The van der Waals surface area contributed by atoms with Gasteiger partial charge >= 0.3 is 0 Å². The fraction of sp³-hybridized carbons (Fsp3) is 0.333. The van der Waals surface area contributed by atoms with Gasteiger partial charge in [-0.2, -0.15) is 0 Å². The highest BCUT2D eigenvalue weighted by Gasteiger charge is 2.15. The summed E-state index contributed by atoms with van der Waals surface area (Å²) >= 11 is 6.06. The Hall–Kier alpha value is -1.85. The fourth-order valence-corrected chi connectivity index (χ4v) is 2.07. The topological polar surface area (TPSA) is 81.1 Å². The van der Waals surface area contributed by atoms with E-state index in [2.05, 4.69) is 10.3 Å². The largest absolute Gasteiger partial charge is 0.446 e. The maximum Gasteiger partial charge on any atom is 0.273 e. The maximum atomic E-state index is 11.9. The van der Waals surface area contributed by atoms with E-state index in [-0.39, 0.29) is 17.6 Å². The Bertz CT molecular complexity index is 612. The van der Waals surface area contributed by atoms with E-state index in [0.717, 1.165) is 5.56 Å². The van der Waals surface area contributed by atoms with Gasteiger partial charge in [-0.1, -0.05) is 36.7 Å². The van der Waals surface area contributed by atoms with E-state index in [1.54, 1.807) is 0 Å². The highest BCUT2D eigenvalue weighted by molar-refractivity contribution is 6.31. The number of oxazole rings is 1. The van der Waals surface area contributed by atoms with Crippen molar-refractivity contribution in [2.45, 2.75) is 25.8 Å². The summed E-state index contributed by atoms with van der Waals surface area (Å²) < 4.78 is 5.20. The van der Waals surface area contributed by atoms with Crippen LogP contribution in [0.3, 0.4) is 0 Å². The molecule has 0 bridgehead atoms. The number of aromatic nitrogens is 1. The van der Waals surface area contributed by atoms with E-state index in [1.165, 1.54) is 6.26 Å². The van der Waals surface area contributed by atoms with E-state index in [0.29, 0.717) is 30.3 Å². The molecule has 3 N–H and O–H groups in total. The number of amides is 1. The van der Waals surface area contributed by atoms with Crippen LogP contribution in [0, 0.1) is 0 Å². The molecule has 1 unspecified atom stereocenters. The molecule has 0 aliphatic heterocycles. The Morgan fingerprint density at radius 2 is 2.24 bits per heavy atom. The molecule has 1 aromatic heterocycles. The van der Waals surface area contributed by atoms with Gasteiger partial charge in [-0.3, -0.25) is 4.79 Å². The molecule has 1 amide bonds. The molecule has 2 aromatic rings. The Morgan fingerprint density at radius 3 is 2.95 bits per heavy atom. The summed E-state index contributed by atoms with van der Waals surface area (Å²) in [6, 6.07) is 7.27. The second-order valence-corrected chi connectivity index (χ2v) is 5.09. The first-order chi connectivity index (χ1) is 10.1. The molecule has 0 aliphatic carbocycles. The number of benzene rings is 1. The molecule has 0 aliphatic rings. The Kier molecular flexibility index (Phi) is 5.36. The number of halogens is 1. The third-order valence-electron chi connectivity index (χ3n) is 3.15. The minimum Gasteiger partial charge on any atom is -0.446 e. The van der Waals surface area contributed by atoms with Crippen LogP contribution in [0.4, 0.5) is 0 Å².